The van der Waals surface area contributed by atoms with E-state index in [2.05, 4.69) is 20.6 Å². The predicted molar refractivity (Wildman–Crippen MR) is 104 cm³/mol. The Hall–Kier alpha value is -3.61. The number of carbonyl (C=O) groups excluding carboxylic acids is 1. The van der Waals surface area contributed by atoms with E-state index in [0.29, 0.717) is 23.0 Å². The van der Waals surface area contributed by atoms with Gasteiger partial charge in [-0.2, -0.15) is 4.98 Å². The molecule has 0 aliphatic rings. The Morgan fingerprint density at radius 1 is 0.963 bits per heavy atom. The zero-order valence-corrected chi connectivity index (χ0v) is 15.3. The van der Waals surface area contributed by atoms with Gasteiger partial charge in [0.25, 0.3) is 0 Å². The van der Waals surface area contributed by atoms with Gasteiger partial charge in [0.1, 0.15) is 11.6 Å². The predicted octanol–water partition coefficient (Wildman–Crippen LogP) is 4.07. The van der Waals surface area contributed by atoms with Gasteiger partial charge in [0, 0.05) is 23.5 Å². The van der Waals surface area contributed by atoms with Crippen LogP contribution in [0.25, 0.3) is 0 Å². The van der Waals surface area contributed by atoms with Crippen molar-refractivity contribution in [3.8, 4) is 5.75 Å². The van der Waals surface area contributed by atoms with Crippen LogP contribution in [0.15, 0.2) is 54.6 Å². The Balaban J connectivity index is 1.87. The Morgan fingerprint density at radius 2 is 1.78 bits per heavy atom. The normalized spacial score (nSPS) is 10.2. The van der Waals surface area contributed by atoms with Crippen LogP contribution < -0.4 is 15.4 Å². The van der Waals surface area contributed by atoms with E-state index in [0.717, 1.165) is 17.1 Å². The minimum atomic E-state index is -0.418. The number of ether oxygens (including phenoxy) is 2. The molecule has 2 N–H and O–H groups in total. The van der Waals surface area contributed by atoms with E-state index < -0.39 is 5.97 Å². The third-order valence-corrected chi connectivity index (χ3v) is 3.78. The summed E-state index contributed by atoms with van der Waals surface area (Å²) in [5.41, 5.74) is 2.61. The lowest BCUT2D eigenvalue weighted by Crippen LogP contribution is -2.07. The molecule has 27 heavy (non-hydrogen) atoms. The van der Waals surface area contributed by atoms with Crippen molar-refractivity contribution in [2.45, 2.75) is 6.92 Å². The quantitative estimate of drug-likeness (QED) is 0.638. The standard InChI is InChI=1S/C20H20N4O3/c1-13-11-18(23-17-10-5-4-9-16(17)19(25)27-3)24-20(21-13)22-14-7-6-8-15(12-14)26-2/h4-12H,1-3H3,(H2,21,22,23,24). The molecule has 0 atom stereocenters. The second kappa shape index (κ2) is 8.18. The molecule has 0 amide bonds. The molecule has 138 valence electrons. The SMILES string of the molecule is COC(=O)c1ccccc1Nc1cc(C)nc(Nc2cccc(OC)c2)n1. The molecule has 1 aromatic heterocycles. The first-order valence-electron chi connectivity index (χ1n) is 8.30. The van der Waals surface area contributed by atoms with Crippen molar-refractivity contribution >= 4 is 29.1 Å². The molecule has 0 unspecified atom stereocenters. The van der Waals surface area contributed by atoms with E-state index in [1.807, 2.05) is 37.3 Å². The van der Waals surface area contributed by atoms with E-state index in [-0.39, 0.29) is 0 Å². The van der Waals surface area contributed by atoms with Gasteiger partial charge in [-0.1, -0.05) is 18.2 Å². The zero-order chi connectivity index (χ0) is 19.2. The number of nitrogens with one attached hydrogen (secondary N) is 2. The van der Waals surface area contributed by atoms with Crippen LogP contribution in [0.4, 0.5) is 23.1 Å². The van der Waals surface area contributed by atoms with Crippen LogP contribution >= 0.6 is 0 Å². The summed E-state index contributed by atoms with van der Waals surface area (Å²) in [7, 11) is 2.97. The van der Waals surface area contributed by atoms with Gasteiger partial charge in [-0.15, -0.1) is 0 Å². The molecule has 0 aliphatic carbocycles. The first kappa shape index (κ1) is 18.2. The molecule has 0 radical (unpaired) electrons. The van der Waals surface area contributed by atoms with Gasteiger partial charge in [0.05, 0.1) is 25.5 Å². The number of para-hydroxylation sites is 1. The lowest BCUT2D eigenvalue weighted by atomic mass is 10.2. The second-order valence-corrected chi connectivity index (χ2v) is 5.74. The molecule has 7 nitrogen and oxygen atoms in total. The number of hydrogen-bond donors (Lipinski definition) is 2. The summed E-state index contributed by atoms with van der Waals surface area (Å²) in [6, 6.07) is 16.4. The highest BCUT2D eigenvalue weighted by Gasteiger charge is 2.12. The van der Waals surface area contributed by atoms with E-state index in [1.165, 1.54) is 7.11 Å². The van der Waals surface area contributed by atoms with Gasteiger partial charge >= 0.3 is 5.97 Å². The highest BCUT2D eigenvalue weighted by molar-refractivity contribution is 5.96. The van der Waals surface area contributed by atoms with Crippen molar-refractivity contribution in [2.24, 2.45) is 0 Å². The number of benzene rings is 2. The Morgan fingerprint density at radius 3 is 2.56 bits per heavy atom. The van der Waals surface area contributed by atoms with Crippen LogP contribution in [0.2, 0.25) is 0 Å². The molecule has 0 saturated carbocycles. The average Bonchev–Trinajstić information content (AvgIpc) is 2.67. The van der Waals surface area contributed by atoms with Crippen molar-refractivity contribution in [3.63, 3.8) is 0 Å². The molecule has 0 bridgehead atoms. The summed E-state index contributed by atoms with van der Waals surface area (Å²) < 4.78 is 10.1. The maximum atomic E-state index is 11.9. The van der Waals surface area contributed by atoms with E-state index in [9.17, 15) is 4.79 Å². The molecular formula is C20H20N4O3. The molecule has 0 aliphatic heterocycles. The van der Waals surface area contributed by atoms with Crippen molar-refractivity contribution in [1.82, 2.24) is 9.97 Å². The van der Waals surface area contributed by atoms with Crippen LogP contribution in [0.5, 0.6) is 5.75 Å². The Bertz CT molecular complexity index is 959. The molecule has 1 heterocycles. The van der Waals surface area contributed by atoms with Crippen LogP contribution in [-0.2, 0) is 4.74 Å². The monoisotopic (exact) mass is 364 g/mol. The van der Waals surface area contributed by atoms with E-state index in [4.69, 9.17) is 9.47 Å². The number of hydrogen-bond acceptors (Lipinski definition) is 7. The maximum Gasteiger partial charge on any atom is 0.339 e. The molecule has 7 heteroatoms. The summed E-state index contributed by atoms with van der Waals surface area (Å²) in [6.07, 6.45) is 0. The Kier molecular flexibility index (Phi) is 5.51. The summed E-state index contributed by atoms with van der Waals surface area (Å²) in [5, 5.41) is 6.32. The van der Waals surface area contributed by atoms with Gasteiger partial charge in [-0.3, -0.25) is 0 Å². The van der Waals surface area contributed by atoms with Gasteiger partial charge in [-0.05, 0) is 31.2 Å². The average molecular weight is 364 g/mol. The van der Waals surface area contributed by atoms with Gasteiger partial charge < -0.3 is 20.1 Å². The third-order valence-electron chi connectivity index (χ3n) is 3.78. The minimum absolute atomic E-state index is 0.418. The number of carbonyl (C=O) groups is 1. The van der Waals surface area contributed by atoms with Crippen molar-refractivity contribution < 1.29 is 14.3 Å². The lowest BCUT2D eigenvalue weighted by molar-refractivity contribution is 0.0602. The van der Waals surface area contributed by atoms with E-state index >= 15 is 0 Å². The third kappa shape index (κ3) is 4.52. The number of aromatic nitrogens is 2. The minimum Gasteiger partial charge on any atom is -0.497 e. The molecular weight excluding hydrogens is 344 g/mol. The number of esters is 1. The van der Waals surface area contributed by atoms with Gasteiger partial charge in [-0.25, -0.2) is 9.78 Å². The van der Waals surface area contributed by atoms with Crippen molar-refractivity contribution in [1.29, 1.82) is 0 Å². The fourth-order valence-electron chi connectivity index (χ4n) is 2.54. The molecule has 0 spiro atoms. The largest absolute Gasteiger partial charge is 0.497 e. The van der Waals surface area contributed by atoms with Crippen LogP contribution in [0.3, 0.4) is 0 Å². The van der Waals surface area contributed by atoms with E-state index in [1.54, 1.807) is 31.4 Å². The fourth-order valence-corrected chi connectivity index (χ4v) is 2.54. The summed E-state index contributed by atoms with van der Waals surface area (Å²) >= 11 is 0. The number of nitrogens with zero attached hydrogens (tertiary/aromatic N) is 2. The smallest absolute Gasteiger partial charge is 0.339 e. The topological polar surface area (TPSA) is 85.4 Å². The van der Waals surface area contributed by atoms with Gasteiger partial charge in [0.2, 0.25) is 5.95 Å². The lowest BCUT2D eigenvalue weighted by Gasteiger charge is -2.12. The molecule has 2 aromatic carbocycles. The van der Waals surface area contributed by atoms with Crippen LogP contribution in [-0.4, -0.2) is 30.2 Å². The number of methoxy groups -OCH3 is 2. The molecule has 0 saturated heterocycles. The number of aryl methyl sites for hydroxylation is 1. The maximum absolute atomic E-state index is 11.9. The molecule has 3 rings (SSSR count). The summed E-state index contributed by atoms with van der Waals surface area (Å²) in [5.74, 6) is 1.31. The van der Waals surface area contributed by atoms with Crippen molar-refractivity contribution in [2.75, 3.05) is 24.9 Å². The highest BCUT2D eigenvalue weighted by atomic mass is 16.5. The number of rotatable bonds is 6. The Labute approximate surface area is 157 Å². The number of anilines is 4. The van der Waals surface area contributed by atoms with Crippen molar-refractivity contribution in [3.05, 3.63) is 65.9 Å². The first-order chi connectivity index (χ1) is 13.1. The summed E-state index contributed by atoms with van der Waals surface area (Å²) in [6.45, 7) is 1.87. The first-order valence-corrected chi connectivity index (χ1v) is 8.30. The molecule has 0 fully saturated rings. The zero-order valence-electron chi connectivity index (χ0n) is 15.3. The fraction of sp³-hybridized carbons (Fsp3) is 0.150. The highest BCUT2D eigenvalue weighted by Crippen LogP contribution is 2.23. The van der Waals surface area contributed by atoms with Crippen LogP contribution in [0, 0.1) is 6.92 Å². The van der Waals surface area contributed by atoms with Gasteiger partial charge in [0.15, 0.2) is 0 Å². The molecule has 3 aromatic rings. The van der Waals surface area contributed by atoms with Crippen LogP contribution in [0.1, 0.15) is 16.1 Å². The second-order valence-electron chi connectivity index (χ2n) is 5.74. The summed E-state index contributed by atoms with van der Waals surface area (Å²) in [4.78, 5) is 20.8.